The number of methoxy groups -OCH3 is 1. The van der Waals surface area contributed by atoms with Gasteiger partial charge in [-0.25, -0.2) is 0 Å². The van der Waals surface area contributed by atoms with E-state index in [1.165, 1.54) is 7.11 Å². The van der Waals surface area contributed by atoms with Crippen LogP contribution < -0.4 is 4.74 Å². The monoisotopic (exact) mass is 310 g/mol. The lowest BCUT2D eigenvalue weighted by Crippen LogP contribution is -2.57. The van der Waals surface area contributed by atoms with Crippen molar-refractivity contribution in [1.29, 1.82) is 0 Å². The predicted molar refractivity (Wildman–Crippen MR) is 80.8 cm³/mol. The Morgan fingerprint density at radius 3 is 2.76 bits per heavy atom. The Bertz CT molecular complexity index is 562. The minimum Gasteiger partial charge on any atom is -0.496 e. The molecule has 1 aromatic carbocycles. The van der Waals surface area contributed by atoms with Gasteiger partial charge in [-0.05, 0) is 24.6 Å². The Balaban J connectivity index is 2.33. The first-order valence-corrected chi connectivity index (χ1v) is 7.26. The molecule has 1 saturated heterocycles. The maximum Gasteiger partial charge on any atom is 0.258 e. The summed E-state index contributed by atoms with van der Waals surface area (Å²) in [6.45, 7) is 2.96. The van der Waals surface area contributed by atoms with E-state index in [4.69, 9.17) is 16.3 Å². The van der Waals surface area contributed by atoms with E-state index in [0.29, 0.717) is 35.8 Å². The molecule has 21 heavy (non-hydrogen) atoms. The van der Waals surface area contributed by atoms with Crippen molar-refractivity contribution >= 4 is 23.4 Å². The number of hydrogen-bond acceptors (Lipinski definition) is 3. The summed E-state index contributed by atoms with van der Waals surface area (Å²) in [7, 11) is 3.25. The summed E-state index contributed by atoms with van der Waals surface area (Å²) >= 11 is 5.92. The molecule has 1 atom stereocenters. The number of amides is 2. The molecule has 0 bridgehead atoms. The zero-order valence-electron chi connectivity index (χ0n) is 12.4. The van der Waals surface area contributed by atoms with E-state index < -0.39 is 6.04 Å². The Kier molecular flexibility index (Phi) is 4.73. The van der Waals surface area contributed by atoms with Crippen LogP contribution in [0.4, 0.5) is 0 Å². The van der Waals surface area contributed by atoms with Crippen LogP contribution in [0.3, 0.4) is 0 Å². The third kappa shape index (κ3) is 2.97. The molecule has 0 spiro atoms. The number of carbonyl (C=O) groups excluding carboxylic acids is 2. The third-order valence-corrected chi connectivity index (χ3v) is 3.99. The van der Waals surface area contributed by atoms with Gasteiger partial charge in [0.1, 0.15) is 11.8 Å². The van der Waals surface area contributed by atoms with Crippen LogP contribution in [-0.4, -0.2) is 54.9 Å². The van der Waals surface area contributed by atoms with E-state index in [9.17, 15) is 9.59 Å². The van der Waals surface area contributed by atoms with Crippen LogP contribution in [0.1, 0.15) is 23.7 Å². The van der Waals surface area contributed by atoms with Crippen molar-refractivity contribution < 1.29 is 14.3 Å². The molecule has 0 saturated carbocycles. The molecular formula is C15H19ClN2O3. The average molecular weight is 311 g/mol. The fraction of sp³-hybridized carbons (Fsp3) is 0.467. The number of nitrogens with zero attached hydrogens (tertiary/aromatic N) is 2. The molecule has 1 aliphatic heterocycles. The van der Waals surface area contributed by atoms with Crippen molar-refractivity contribution in [3.05, 3.63) is 28.8 Å². The first kappa shape index (κ1) is 15.6. The largest absolute Gasteiger partial charge is 0.496 e. The van der Waals surface area contributed by atoms with Gasteiger partial charge >= 0.3 is 0 Å². The summed E-state index contributed by atoms with van der Waals surface area (Å²) in [5, 5.41) is 0.505. The van der Waals surface area contributed by atoms with Crippen LogP contribution >= 0.6 is 11.6 Å². The molecule has 1 heterocycles. The number of likely N-dealkylation sites (N-methyl/N-ethyl adjacent to an activating group) is 1. The number of carbonyl (C=O) groups is 2. The van der Waals surface area contributed by atoms with Crippen molar-refractivity contribution in [3.63, 3.8) is 0 Å². The molecular weight excluding hydrogens is 292 g/mol. The van der Waals surface area contributed by atoms with Crippen molar-refractivity contribution in [1.82, 2.24) is 9.80 Å². The normalized spacial score (nSPS) is 18.9. The van der Waals surface area contributed by atoms with Crippen molar-refractivity contribution in [2.24, 2.45) is 0 Å². The molecule has 1 aromatic rings. The maximum atomic E-state index is 12.7. The second kappa shape index (κ2) is 6.35. The highest BCUT2D eigenvalue weighted by Gasteiger charge is 2.35. The molecule has 114 valence electrons. The second-order valence-corrected chi connectivity index (χ2v) is 5.46. The van der Waals surface area contributed by atoms with E-state index in [0.717, 1.165) is 0 Å². The van der Waals surface area contributed by atoms with Gasteiger partial charge in [-0.3, -0.25) is 9.59 Å². The highest BCUT2D eigenvalue weighted by atomic mass is 35.5. The van der Waals surface area contributed by atoms with E-state index in [1.54, 1.807) is 35.0 Å². The molecule has 1 aliphatic rings. The molecule has 1 fully saturated rings. The summed E-state index contributed by atoms with van der Waals surface area (Å²) in [4.78, 5) is 28.2. The topological polar surface area (TPSA) is 49.9 Å². The van der Waals surface area contributed by atoms with Crippen molar-refractivity contribution in [2.75, 3.05) is 27.2 Å². The van der Waals surface area contributed by atoms with Gasteiger partial charge in [0.2, 0.25) is 5.91 Å². The van der Waals surface area contributed by atoms with Crippen LogP contribution in [0.2, 0.25) is 5.02 Å². The quantitative estimate of drug-likeness (QED) is 0.858. The standard InChI is InChI=1S/C15H19ClN2O3/c1-4-12-15(20)17(2)7-8-18(12)14(19)11-6-5-10(16)9-13(11)21-3/h5-6,9,12H,4,7-8H2,1-3H3/t12-/m0/s1. The highest BCUT2D eigenvalue weighted by Crippen LogP contribution is 2.26. The van der Waals surface area contributed by atoms with Gasteiger partial charge in [0.25, 0.3) is 5.91 Å². The minimum atomic E-state index is -0.420. The smallest absolute Gasteiger partial charge is 0.258 e. The predicted octanol–water partition coefficient (Wildman–Crippen LogP) is 2.04. The Labute approximate surface area is 129 Å². The molecule has 0 aliphatic carbocycles. The van der Waals surface area contributed by atoms with Gasteiger partial charge in [0.15, 0.2) is 0 Å². The lowest BCUT2D eigenvalue weighted by atomic mass is 10.1. The number of piperazine rings is 1. The number of halogens is 1. The Morgan fingerprint density at radius 2 is 2.14 bits per heavy atom. The molecule has 2 rings (SSSR count). The fourth-order valence-electron chi connectivity index (χ4n) is 2.55. The van der Waals surface area contributed by atoms with Crippen LogP contribution in [0.15, 0.2) is 18.2 Å². The van der Waals surface area contributed by atoms with E-state index in [-0.39, 0.29) is 11.8 Å². The zero-order valence-corrected chi connectivity index (χ0v) is 13.2. The van der Waals surface area contributed by atoms with Gasteiger partial charge in [0, 0.05) is 25.2 Å². The molecule has 5 nitrogen and oxygen atoms in total. The first-order valence-electron chi connectivity index (χ1n) is 6.89. The second-order valence-electron chi connectivity index (χ2n) is 5.03. The molecule has 0 radical (unpaired) electrons. The summed E-state index contributed by atoms with van der Waals surface area (Å²) in [5.41, 5.74) is 0.428. The summed E-state index contributed by atoms with van der Waals surface area (Å²) in [6.07, 6.45) is 0.588. The SMILES string of the molecule is CC[C@H]1C(=O)N(C)CCN1C(=O)c1ccc(Cl)cc1OC. The van der Waals surface area contributed by atoms with E-state index in [1.807, 2.05) is 6.92 Å². The van der Waals surface area contributed by atoms with E-state index in [2.05, 4.69) is 0 Å². The van der Waals surface area contributed by atoms with Gasteiger partial charge in [-0.2, -0.15) is 0 Å². The number of rotatable bonds is 3. The molecule has 0 N–H and O–H groups in total. The van der Waals surface area contributed by atoms with Crippen molar-refractivity contribution in [3.8, 4) is 5.75 Å². The molecule has 0 unspecified atom stereocenters. The third-order valence-electron chi connectivity index (χ3n) is 3.76. The van der Waals surface area contributed by atoms with Crippen LogP contribution in [0.5, 0.6) is 5.75 Å². The summed E-state index contributed by atoms with van der Waals surface area (Å²) < 4.78 is 5.23. The number of hydrogen-bond donors (Lipinski definition) is 0. The molecule has 6 heteroatoms. The number of benzene rings is 1. The highest BCUT2D eigenvalue weighted by molar-refractivity contribution is 6.30. The maximum absolute atomic E-state index is 12.7. The molecule has 2 amide bonds. The van der Waals surface area contributed by atoms with Gasteiger partial charge in [0.05, 0.1) is 12.7 Å². The van der Waals surface area contributed by atoms with Crippen LogP contribution in [0.25, 0.3) is 0 Å². The number of ether oxygens (including phenoxy) is 1. The summed E-state index contributed by atoms with van der Waals surface area (Å²) in [5.74, 6) is 0.204. The zero-order chi connectivity index (χ0) is 15.6. The minimum absolute atomic E-state index is 0.0231. The average Bonchev–Trinajstić information content (AvgIpc) is 2.49. The molecule has 0 aromatic heterocycles. The fourth-order valence-corrected chi connectivity index (χ4v) is 2.71. The van der Waals surface area contributed by atoms with Crippen molar-refractivity contribution in [2.45, 2.75) is 19.4 Å². The van der Waals surface area contributed by atoms with Crippen LogP contribution in [0, 0.1) is 0 Å². The Morgan fingerprint density at radius 1 is 1.43 bits per heavy atom. The van der Waals surface area contributed by atoms with Gasteiger partial charge in [-0.1, -0.05) is 18.5 Å². The van der Waals surface area contributed by atoms with E-state index >= 15 is 0 Å². The van der Waals surface area contributed by atoms with Gasteiger partial charge in [-0.15, -0.1) is 0 Å². The summed E-state index contributed by atoms with van der Waals surface area (Å²) in [6, 6.07) is 4.47. The first-order chi connectivity index (χ1) is 9.99. The lowest BCUT2D eigenvalue weighted by Gasteiger charge is -2.38. The van der Waals surface area contributed by atoms with Gasteiger partial charge < -0.3 is 14.5 Å². The lowest BCUT2D eigenvalue weighted by molar-refractivity contribution is -0.138. The van der Waals surface area contributed by atoms with Crippen LogP contribution in [-0.2, 0) is 4.79 Å². The Hall–Kier alpha value is -1.75.